The van der Waals surface area contributed by atoms with Gasteiger partial charge in [-0.1, -0.05) is 31.4 Å². The number of carbonyl (C=O) groups excluding carboxylic acids is 1. The minimum Gasteiger partial charge on any atom is -0.497 e. The Kier molecular flexibility index (Phi) is 5.82. The van der Waals surface area contributed by atoms with E-state index in [0.717, 1.165) is 41.0 Å². The fraction of sp³-hybridized carbons (Fsp3) is 0.409. The number of hydrogen-bond donors (Lipinski definition) is 1. The number of rotatable bonds is 5. The highest BCUT2D eigenvalue weighted by Crippen LogP contribution is 2.32. The molecule has 138 valence electrons. The maximum atomic E-state index is 12.4. The van der Waals surface area contributed by atoms with Crippen molar-refractivity contribution in [3.05, 3.63) is 47.5 Å². The van der Waals surface area contributed by atoms with Gasteiger partial charge in [0.25, 0.3) is 0 Å². The van der Waals surface area contributed by atoms with E-state index in [-0.39, 0.29) is 5.97 Å². The number of aryl methyl sites for hydroxylation is 1. The average Bonchev–Trinajstić information content (AvgIpc) is 2.68. The Morgan fingerprint density at radius 1 is 1.04 bits per heavy atom. The first-order valence-electron chi connectivity index (χ1n) is 9.26. The Hall–Kier alpha value is -2.49. The molecule has 0 amide bonds. The fourth-order valence-electron chi connectivity index (χ4n) is 3.65. The van der Waals surface area contributed by atoms with Crippen LogP contribution in [0.5, 0.6) is 5.75 Å². The molecule has 2 aromatic carbocycles. The van der Waals surface area contributed by atoms with Crippen molar-refractivity contribution in [2.75, 3.05) is 19.5 Å². The molecule has 0 heterocycles. The SMILES string of the molecule is COC(=O)c1cc(-c2ccc(OC)cc2)c(C)cc1NC1CCCCC1. The van der Waals surface area contributed by atoms with E-state index in [1.54, 1.807) is 7.11 Å². The predicted molar refractivity (Wildman–Crippen MR) is 105 cm³/mol. The van der Waals surface area contributed by atoms with E-state index >= 15 is 0 Å². The molecule has 2 aromatic rings. The van der Waals surface area contributed by atoms with Crippen molar-refractivity contribution in [3.8, 4) is 16.9 Å². The zero-order chi connectivity index (χ0) is 18.5. The van der Waals surface area contributed by atoms with E-state index in [1.807, 2.05) is 30.3 Å². The van der Waals surface area contributed by atoms with E-state index in [2.05, 4.69) is 18.3 Å². The minimum absolute atomic E-state index is 0.307. The van der Waals surface area contributed by atoms with Gasteiger partial charge in [-0.3, -0.25) is 0 Å². The Labute approximate surface area is 155 Å². The standard InChI is InChI=1S/C22H27NO3/c1-15-13-21(23-17-7-5-4-6-8-17)20(22(24)26-3)14-19(15)16-9-11-18(25-2)12-10-16/h9-14,17,23H,4-8H2,1-3H3. The second-order valence-corrected chi connectivity index (χ2v) is 6.91. The lowest BCUT2D eigenvalue weighted by Crippen LogP contribution is -2.23. The van der Waals surface area contributed by atoms with Crippen molar-refractivity contribution < 1.29 is 14.3 Å². The lowest BCUT2D eigenvalue weighted by Gasteiger charge is -2.25. The van der Waals surface area contributed by atoms with Crippen molar-refractivity contribution in [1.82, 2.24) is 0 Å². The van der Waals surface area contributed by atoms with Crippen LogP contribution in [0.2, 0.25) is 0 Å². The molecule has 1 aliphatic rings. The molecule has 0 radical (unpaired) electrons. The molecule has 3 rings (SSSR count). The van der Waals surface area contributed by atoms with Crippen LogP contribution in [-0.2, 0) is 4.74 Å². The molecule has 4 nitrogen and oxygen atoms in total. The van der Waals surface area contributed by atoms with E-state index in [4.69, 9.17) is 9.47 Å². The van der Waals surface area contributed by atoms with Crippen molar-refractivity contribution in [2.24, 2.45) is 0 Å². The third-order valence-corrected chi connectivity index (χ3v) is 5.14. The maximum absolute atomic E-state index is 12.4. The Balaban J connectivity index is 1.97. The van der Waals surface area contributed by atoms with Gasteiger partial charge < -0.3 is 14.8 Å². The van der Waals surface area contributed by atoms with Crippen molar-refractivity contribution >= 4 is 11.7 Å². The molecule has 1 aliphatic carbocycles. The number of nitrogens with one attached hydrogen (secondary N) is 1. The number of esters is 1. The fourth-order valence-corrected chi connectivity index (χ4v) is 3.65. The molecule has 0 atom stereocenters. The number of anilines is 1. The number of methoxy groups -OCH3 is 2. The van der Waals surface area contributed by atoms with Crippen LogP contribution in [0.25, 0.3) is 11.1 Å². The van der Waals surface area contributed by atoms with Crippen LogP contribution in [0, 0.1) is 6.92 Å². The van der Waals surface area contributed by atoms with Crippen molar-refractivity contribution in [3.63, 3.8) is 0 Å². The van der Waals surface area contributed by atoms with E-state index in [1.165, 1.54) is 26.4 Å². The van der Waals surface area contributed by atoms with Gasteiger partial charge in [-0.2, -0.15) is 0 Å². The van der Waals surface area contributed by atoms with Gasteiger partial charge in [-0.25, -0.2) is 4.79 Å². The van der Waals surface area contributed by atoms with Gasteiger partial charge in [0.15, 0.2) is 0 Å². The average molecular weight is 353 g/mol. The number of carbonyl (C=O) groups is 1. The van der Waals surface area contributed by atoms with Crippen LogP contribution >= 0.6 is 0 Å². The van der Waals surface area contributed by atoms with Gasteiger partial charge in [0, 0.05) is 11.7 Å². The Bertz CT molecular complexity index is 762. The summed E-state index contributed by atoms with van der Waals surface area (Å²) in [4.78, 5) is 12.4. The van der Waals surface area contributed by atoms with E-state index in [9.17, 15) is 4.79 Å². The number of ether oxygens (including phenoxy) is 2. The second-order valence-electron chi connectivity index (χ2n) is 6.91. The van der Waals surface area contributed by atoms with Crippen LogP contribution in [0.15, 0.2) is 36.4 Å². The normalized spacial score (nSPS) is 14.7. The third-order valence-electron chi connectivity index (χ3n) is 5.14. The zero-order valence-electron chi connectivity index (χ0n) is 15.8. The lowest BCUT2D eigenvalue weighted by molar-refractivity contribution is 0.0602. The second kappa shape index (κ2) is 8.26. The first-order chi connectivity index (χ1) is 12.6. The summed E-state index contributed by atoms with van der Waals surface area (Å²) in [5, 5.41) is 3.58. The van der Waals surface area contributed by atoms with Crippen molar-refractivity contribution in [2.45, 2.75) is 45.1 Å². The van der Waals surface area contributed by atoms with Gasteiger partial charge >= 0.3 is 5.97 Å². The van der Waals surface area contributed by atoms with Gasteiger partial charge in [0.1, 0.15) is 5.75 Å². The summed E-state index contributed by atoms with van der Waals surface area (Å²) in [6.07, 6.45) is 6.10. The molecular weight excluding hydrogens is 326 g/mol. The smallest absolute Gasteiger partial charge is 0.339 e. The Morgan fingerprint density at radius 2 is 1.73 bits per heavy atom. The molecule has 1 saturated carbocycles. The van der Waals surface area contributed by atoms with Gasteiger partial charge in [-0.05, 0) is 60.7 Å². The molecule has 0 unspecified atom stereocenters. The molecule has 0 aliphatic heterocycles. The summed E-state index contributed by atoms with van der Waals surface area (Å²) >= 11 is 0. The van der Waals surface area contributed by atoms with Crippen LogP contribution in [0.1, 0.15) is 48.0 Å². The van der Waals surface area contributed by atoms with E-state index in [0.29, 0.717) is 11.6 Å². The summed E-state index contributed by atoms with van der Waals surface area (Å²) in [5.74, 6) is 0.508. The van der Waals surface area contributed by atoms with Crippen molar-refractivity contribution in [1.29, 1.82) is 0 Å². The number of benzene rings is 2. The van der Waals surface area contributed by atoms with Gasteiger partial charge in [0.2, 0.25) is 0 Å². The molecular formula is C22H27NO3. The summed E-state index contributed by atoms with van der Waals surface area (Å²) in [7, 11) is 3.08. The molecule has 26 heavy (non-hydrogen) atoms. The van der Waals surface area contributed by atoms with Gasteiger partial charge in [0.05, 0.1) is 19.8 Å². The molecule has 4 heteroatoms. The molecule has 0 aromatic heterocycles. The highest BCUT2D eigenvalue weighted by Gasteiger charge is 2.19. The first-order valence-corrected chi connectivity index (χ1v) is 9.26. The maximum Gasteiger partial charge on any atom is 0.339 e. The molecule has 0 bridgehead atoms. The van der Waals surface area contributed by atoms with Crippen LogP contribution in [0.4, 0.5) is 5.69 Å². The summed E-state index contributed by atoms with van der Waals surface area (Å²) in [5.41, 5.74) is 4.68. The Morgan fingerprint density at radius 3 is 2.35 bits per heavy atom. The highest BCUT2D eigenvalue weighted by molar-refractivity contribution is 5.97. The quantitative estimate of drug-likeness (QED) is 0.750. The first kappa shape index (κ1) is 18.3. The summed E-state index contributed by atoms with van der Waals surface area (Å²) in [6.45, 7) is 2.08. The molecule has 0 saturated heterocycles. The van der Waals surface area contributed by atoms with Gasteiger partial charge in [-0.15, -0.1) is 0 Å². The number of hydrogen-bond acceptors (Lipinski definition) is 4. The monoisotopic (exact) mass is 353 g/mol. The van der Waals surface area contributed by atoms with E-state index < -0.39 is 0 Å². The summed E-state index contributed by atoms with van der Waals surface area (Å²) in [6, 6.07) is 12.3. The zero-order valence-corrected chi connectivity index (χ0v) is 15.8. The van der Waals surface area contributed by atoms with Crippen LogP contribution in [0.3, 0.4) is 0 Å². The third kappa shape index (κ3) is 4.01. The summed E-state index contributed by atoms with van der Waals surface area (Å²) < 4.78 is 10.3. The van der Waals surface area contributed by atoms with Crippen LogP contribution in [-0.4, -0.2) is 26.2 Å². The lowest BCUT2D eigenvalue weighted by atomic mass is 9.93. The van der Waals surface area contributed by atoms with Crippen LogP contribution < -0.4 is 10.1 Å². The largest absolute Gasteiger partial charge is 0.497 e. The highest BCUT2D eigenvalue weighted by atomic mass is 16.5. The molecule has 1 fully saturated rings. The predicted octanol–water partition coefficient (Wildman–Crippen LogP) is 5.20. The topological polar surface area (TPSA) is 47.6 Å². The minimum atomic E-state index is -0.307. The molecule has 1 N–H and O–H groups in total. The molecule has 0 spiro atoms.